The molecule has 0 bridgehead atoms. The topological polar surface area (TPSA) is 62.2 Å². The zero-order valence-electron chi connectivity index (χ0n) is 15.3. The average molecular weight is 351 g/mol. The van der Waals surface area contributed by atoms with Crippen LogP contribution in [-0.4, -0.2) is 51.4 Å². The van der Waals surface area contributed by atoms with Gasteiger partial charge in [-0.3, -0.25) is 4.79 Å². The lowest BCUT2D eigenvalue weighted by molar-refractivity contribution is -0.138. The summed E-state index contributed by atoms with van der Waals surface area (Å²) in [6.45, 7) is 4.89. The highest BCUT2D eigenvalue weighted by Crippen LogP contribution is 2.43. The highest BCUT2D eigenvalue weighted by molar-refractivity contribution is 5.85. The van der Waals surface area contributed by atoms with Crippen molar-refractivity contribution in [2.24, 2.45) is 5.41 Å². The van der Waals surface area contributed by atoms with Gasteiger partial charge in [-0.1, -0.05) is 0 Å². The predicted octanol–water partition coefficient (Wildman–Crippen LogP) is 2.70. The van der Waals surface area contributed by atoms with Crippen LogP contribution >= 0.6 is 0 Å². The van der Waals surface area contributed by atoms with Crippen LogP contribution in [0.15, 0.2) is 18.5 Å². The molecule has 2 aromatic rings. The summed E-state index contributed by atoms with van der Waals surface area (Å²) in [5, 5.41) is 0. The van der Waals surface area contributed by atoms with Crippen LogP contribution in [0.2, 0.25) is 0 Å². The van der Waals surface area contributed by atoms with Crippen LogP contribution in [0.4, 0.5) is 5.82 Å². The second kappa shape index (κ2) is 5.89. The zero-order valence-corrected chi connectivity index (χ0v) is 15.3. The van der Waals surface area contributed by atoms with E-state index >= 15 is 0 Å². The summed E-state index contributed by atoms with van der Waals surface area (Å²) in [7, 11) is 0. The van der Waals surface area contributed by atoms with Crippen LogP contribution in [-0.2, 0) is 4.79 Å². The number of carbonyl (C=O) groups is 1. The number of anilines is 1. The van der Waals surface area contributed by atoms with Gasteiger partial charge in [-0.05, 0) is 51.2 Å². The molecule has 1 aliphatic carbocycles. The van der Waals surface area contributed by atoms with Crippen molar-refractivity contribution in [2.75, 3.05) is 24.5 Å². The van der Waals surface area contributed by atoms with Crippen LogP contribution in [0.3, 0.4) is 0 Å². The SMILES string of the molecule is Cc1ccc2ncnc(N3CCCC4(CCC(=O)N(C5CC5)C4)C3)c2n1. The average Bonchev–Trinajstić information content (AvgIpc) is 3.49. The van der Waals surface area contributed by atoms with Gasteiger partial charge in [-0.2, -0.15) is 0 Å². The van der Waals surface area contributed by atoms with Crippen molar-refractivity contribution in [3.8, 4) is 0 Å². The lowest BCUT2D eigenvalue weighted by Crippen LogP contribution is -2.54. The number of piperidine rings is 2. The molecule has 6 heteroatoms. The van der Waals surface area contributed by atoms with E-state index in [-0.39, 0.29) is 5.41 Å². The Hall–Kier alpha value is -2.24. The van der Waals surface area contributed by atoms with Crippen molar-refractivity contribution >= 4 is 22.8 Å². The number of hydrogen-bond donors (Lipinski definition) is 0. The molecule has 0 radical (unpaired) electrons. The molecule has 5 rings (SSSR count). The lowest BCUT2D eigenvalue weighted by atomic mass is 9.73. The number of pyridine rings is 1. The van der Waals surface area contributed by atoms with Gasteiger partial charge in [0.15, 0.2) is 5.82 Å². The van der Waals surface area contributed by atoms with Crippen LogP contribution in [0.1, 0.15) is 44.2 Å². The fraction of sp³-hybridized carbons (Fsp3) is 0.600. The van der Waals surface area contributed by atoms with Crippen molar-refractivity contribution < 1.29 is 4.79 Å². The maximum Gasteiger partial charge on any atom is 0.222 e. The summed E-state index contributed by atoms with van der Waals surface area (Å²) in [5.74, 6) is 1.31. The van der Waals surface area contributed by atoms with Gasteiger partial charge in [0.1, 0.15) is 11.8 Å². The van der Waals surface area contributed by atoms with Crippen molar-refractivity contribution in [1.29, 1.82) is 0 Å². The molecule has 136 valence electrons. The van der Waals surface area contributed by atoms with Gasteiger partial charge in [0.05, 0.1) is 5.52 Å². The second-order valence-corrected chi connectivity index (χ2v) is 8.30. The number of likely N-dealkylation sites (tertiary alicyclic amines) is 1. The van der Waals surface area contributed by atoms with E-state index in [0.29, 0.717) is 18.4 Å². The Labute approximate surface area is 153 Å². The van der Waals surface area contributed by atoms with E-state index in [2.05, 4.69) is 19.8 Å². The van der Waals surface area contributed by atoms with Gasteiger partial charge >= 0.3 is 0 Å². The Balaban J connectivity index is 1.46. The summed E-state index contributed by atoms with van der Waals surface area (Å²) >= 11 is 0. The first kappa shape index (κ1) is 16.0. The van der Waals surface area contributed by atoms with E-state index in [1.54, 1.807) is 6.33 Å². The normalized spacial score (nSPS) is 26.7. The molecule has 2 aliphatic heterocycles. The number of hydrogen-bond acceptors (Lipinski definition) is 5. The van der Waals surface area contributed by atoms with Crippen LogP contribution in [0, 0.1) is 12.3 Å². The second-order valence-electron chi connectivity index (χ2n) is 8.30. The monoisotopic (exact) mass is 351 g/mol. The Bertz CT molecular complexity index is 864. The van der Waals surface area contributed by atoms with Crippen molar-refractivity contribution in [3.63, 3.8) is 0 Å². The number of carbonyl (C=O) groups excluding carboxylic acids is 1. The van der Waals surface area contributed by atoms with E-state index in [4.69, 9.17) is 4.98 Å². The van der Waals surface area contributed by atoms with Gasteiger partial charge < -0.3 is 9.80 Å². The third kappa shape index (κ3) is 2.72. The third-order valence-electron chi connectivity index (χ3n) is 6.25. The summed E-state index contributed by atoms with van der Waals surface area (Å²) < 4.78 is 0. The van der Waals surface area contributed by atoms with E-state index in [0.717, 1.165) is 55.0 Å². The number of amides is 1. The first-order valence-corrected chi connectivity index (χ1v) is 9.76. The van der Waals surface area contributed by atoms with E-state index in [9.17, 15) is 4.79 Å². The molecular formula is C20H25N5O. The smallest absolute Gasteiger partial charge is 0.222 e. The standard InChI is InChI=1S/C20H25N5O/c1-14-3-6-16-18(23-14)19(22-13-21-16)24-10-2-8-20(11-24)9-7-17(26)25(12-20)15-4-5-15/h3,6,13,15H,2,4-5,7-12H2,1H3. The minimum absolute atomic E-state index is 0.204. The van der Waals surface area contributed by atoms with Gasteiger partial charge in [-0.15, -0.1) is 0 Å². The molecule has 1 spiro atoms. The molecule has 2 aromatic heterocycles. The fourth-order valence-electron chi connectivity index (χ4n) is 4.74. The summed E-state index contributed by atoms with van der Waals surface area (Å²) in [5.41, 5.74) is 2.99. The van der Waals surface area contributed by atoms with Crippen LogP contribution < -0.4 is 4.90 Å². The van der Waals surface area contributed by atoms with E-state index < -0.39 is 0 Å². The molecule has 4 heterocycles. The zero-order chi connectivity index (χ0) is 17.7. The lowest BCUT2D eigenvalue weighted by Gasteiger charge is -2.48. The first-order chi connectivity index (χ1) is 12.6. The molecule has 3 aliphatic rings. The first-order valence-electron chi connectivity index (χ1n) is 9.76. The minimum Gasteiger partial charge on any atom is -0.354 e. The van der Waals surface area contributed by atoms with Gasteiger partial charge in [0, 0.05) is 43.2 Å². The molecule has 26 heavy (non-hydrogen) atoms. The minimum atomic E-state index is 0.204. The highest BCUT2D eigenvalue weighted by Gasteiger charge is 2.46. The molecule has 3 fully saturated rings. The Morgan fingerprint density at radius 1 is 1.15 bits per heavy atom. The summed E-state index contributed by atoms with van der Waals surface area (Å²) in [4.78, 5) is 30.6. The molecule has 0 N–H and O–H groups in total. The number of aromatic nitrogens is 3. The van der Waals surface area contributed by atoms with E-state index in [1.165, 1.54) is 19.3 Å². The maximum absolute atomic E-state index is 12.3. The number of nitrogens with zero attached hydrogens (tertiary/aromatic N) is 5. The molecular weight excluding hydrogens is 326 g/mol. The number of fused-ring (bicyclic) bond motifs is 1. The summed E-state index contributed by atoms with van der Waals surface area (Å²) in [6, 6.07) is 4.53. The Morgan fingerprint density at radius 3 is 2.88 bits per heavy atom. The van der Waals surface area contributed by atoms with Crippen LogP contribution in [0.25, 0.3) is 11.0 Å². The van der Waals surface area contributed by atoms with Gasteiger partial charge in [0.2, 0.25) is 5.91 Å². The molecule has 1 atom stereocenters. The Morgan fingerprint density at radius 2 is 2.04 bits per heavy atom. The quantitative estimate of drug-likeness (QED) is 0.832. The molecule has 2 saturated heterocycles. The molecule has 6 nitrogen and oxygen atoms in total. The Kier molecular flexibility index (Phi) is 3.62. The third-order valence-corrected chi connectivity index (χ3v) is 6.25. The fourth-order valence-corrected chi connectivity index (χ4v) is 4.74. The number of aryl methyl sites for hydroxylation is 1. The predicted molar refractivity (Wildman–Crippen MR) is 99.9 cm³/mol. The van der Waals surface area contributed by atoms with Crippen molar-refractivity contribution in [2.45, 2.75) is 51.5 Å². The van der Waals surface area contributed by atoms with Gasteiger partial charge in [0.25, 0.3) is 0 Å². The molecule has 1 unspecified atom stereocenters. The molecule has 0 aromatic carbocycles. The van der Waals surface area contributed by atoms with Crippen LogP contribution in [0.5, 0.6) is 0 Å². The largest absolute Gasteiger partial charge is 0.354 e. The highest BCUT2D eigenvalue weighted by atomic mass is 16.2. The van der Waals surface area contributed by atoms with Crippen molar-refractivity contribution in [3.05, 3.63) is 24.2 Å². The van der Waals surface area contributed by atoms with E-state index in [1.807, 2.05) is 19.1 Å². The molecule has 1 saturated carbocycles. The van der Waals surface area contributed by atoms with Crippen molar-refractivity contribution in [1.82, 2.24) is 19.9 Å². The van der Waals surface area contributed by atoms with Gasteiger partial charge in [-0.25, -0.2) is 15.0 Å². The summed E-state index contributed by atoms with van der Waals surface area (Å²) in [6.07, 6.45) is 8.07. The number of rotatable bonds is 2. The molecule has 1 amide bonds. The maximum atomic E-state index is 12.3.